The molecule has 0 saturated carbocycles. The van der Waals surface area contributed by atoms with Crippen LogP contribution in [0.3, 0.4) is 0 Å². The Balaban J connectivity index is 2.58. The number of carbonyl (C=O) groups is 1. The lowest BCUT2D eigenvalue weighted by molar-refractivity contribution is -0.120. The van der Waals surface area contributed by atoms with E-state index < -0.39 is 0 Å². The molecule has 0 bridgehead atoms. The molecule has 2 N–H and O–H groups in total. The third-order valence-electron chi connectivity index (χ3n) is 3.51. The van der Waals surface area contributed by atoms with Gasteiger partial charge in [0.25, 0.3) is 0 Å². The molecule has 4 heteroatoms. The van der Waals surface area contributed by atoms with Crippen LogP contribution < -0.4 is 15.5 Å². The van der Waals surface area contributed by atoms with E-state index in [0.29, 0.717) is 12.3 Å². The molecule has 1 aromatic rings. The number of amides is 1. The highest BCUT2D eigenvalue weighted by Crippen LogP contribution is 2.20. The van der Waals surface area contributed by atoms with Crippen molar-refractivity contribution in [2.75, 3.05) is 32.1 Å². The lowest BCUT2D eigenvalue weighted by atomic mass is 10.1. The molecule has 1 aromatic carbocycles. The Morgan fingerprint density at radius 3 is 2.62 bits per heavy atom. The minimum atomic E-state index is 0.0778. The number of aryl methyl sites for hydroxylation is 1. The summed E-state index contributed by atoms with van der Waals surface area (Å²) in [5.41, 5.74) is 3.74. The molecule has 0 fully saturated rings. The molecule has 0 heterocycles. The van der Waals surface area contributed by atoms with Gasteiger partial charge in [-0.15, -0.1) is 0 Å². The largest absolute Gasteiger partial charge is 0.374 e. The average molecular weight is 291 g/mol. The van der Waals surface area contributed by atoms with Gasteiger partial charge in [0.2, 0.25) is 5.91 Å². The molecule has 0 aliphatic heterocycles. The summed E-state index contributed by atoms with van der Waals surface area (Å²) in [5, 5.41) is 6.11. The lowest BCUT2D eigenvalue weighted by Gasteiger charge is -2.21. The molecule has 0 aromatic heterocycles. The highest BCUT2D eigenvalue weighted by Gasteiger charge is 2.07. The summed E-state index contributed by atoms with van der Waals surface area (Å²) < 4.78 is 0. The fraction of sp³-hybridized carbons (Fsp3) is 0.588. The standard InChI is InChI=1S/C17H29N3O/c1-13(2)11-19-12-15-6-7-16(14(3)10-15)20(5)9-8-17(21)18-4/h6-7,10,13,19H,8-9,11-12H2,1-5H3,(H,18,21). The van der Waals surface area contributed by atoms with Crippen LogP contribution >= 0.6 is 0 Å². The molecular weight excluding hydrogens is 262 g/mol. The van der Waals surface area contributed by atoms with Gasteiger partial charge < -0.3 is 15.5 Å². The first-order valence-electron chi connectivity index (χ1n) is 7.66. The Hall–Kier alpha value is -1.55. The van der Waals surface area contributed by atoms with E-state index in [1.54, 1.807) is 7.05 Å². The quantitative estimate of drug-likeness (QED) is 0.772. The normalized spacial score (nSPS) is 10.8. The number of hydrogen-bond donors (Lipinski definition) is 2. The Morgan fingerprint density at radius 1 is 1.33 bits per heavy atom. The van der Waals surface area contributed by atoms with Crippen molar-refractivity contribution in [2.45, 2.75) is 33.7 Å². The Morgan fingerprint density at radius 2 is 2.05 bits per heavy atom. The Kier molecular flexibility index (Phi) is 7.23. The highest BCUT2D eigenvalue weighted by atomic mass is 16.1. The molecule has 0 atom stereocenters. The molecule has 1 rings (SSSR count). The van der Waals surface area contributed by atoms with Crippen LogP contribution in [0.5, 0.6) is 0 Å². The van der Waals surface area contributed by atoms with Gasteiger partial charge in [-0.2, -0.15) is 0 Å². The molecule has 4 nitrogen and oxygen atoms in total. The molecular formula is C17H29N3O. The van der Waals surface area contributed by atoms with Crippen LogP contribution in [-0.4, -0.2) is 33.1 Å². The molecule has 1 amide bonds. The van der Waals surface area contributed by atoms with E-state index in [1.807, 2.05) is 7.05 Å². The number of carbonyl (C=O) groups excluding carboxylic acids is 1. The summed E-state index contributed by atoms with van der Waals surface area (Å²) >= 11 is 0. The predicted octanol–water partition coefficient (Wildman–Crippen LogP) is 2.31. The van der Waals surface area contributed by atoms with Gasteiger partial charge in [-0.3, -0.25) is 4.79 Å². The first-order chi connectivity index (χ1) is 9.93. The molecule has 0 radical (unpaired) electrons. The van der Waals surface area contributed by atoms with Crippen molar-refractivity contribution < 1.29 is 4.79 Å². The zero-order valence-electron chi connectivity index (χ0n) is 14.0. The second-order valence-electron chi connectivity index (χ2n) is 5.99. The number of rotatable bonds is 8. The molecule has 0 saturated heterocycles. The zero-order chi connectivity index (χ0) is 15.8. The zero-order valence-corrected chi connectivity index (χ0v) is 14.0. The van der Waals surface area contributed by atoms with E-state index in [9.17, 15) is 4.79 Å². The monoisotopic (exact) mass is 291 g/mol. The third kappa shape index (κ3) is 6.17. The van der Waals surface area contributed by atoms with Gasteiger partial charge in [-0.25, -0.2) is 0 Å². The van der Waals surface area contributed by atoms with Crippen LogP contribution in [0, 0.1) is 12.8 Å². The molecule has 0 aliphatic rings. The van der Waals surface area contributed by atoms with E-state index in [4.69, 9.17) is 0 Å². The fourth-order valence-electron chi connectivity index (χ4n) is 2.28. The Bertz CT molecular complexity index is 457. The van der Waals surface area contributed by atoms with Crippen LogP contribution in [0.4, 0.5) is 5.69 Å². The van der Waals surface area contributed by atoms with Crippen LogP contribution in [0.2, 0.25) is 0 Å². The van der Waals surface area contributed by atoms with Crippen molar-refractivity contribution >= 4 is 11.6 Å². The fourth-order valence-corrected chi connectivity index (χ4v) is 2.28. The molecule has 0 aliphatic carbocycles. The van der Waals surface area contributed by atoms with E-state index >= 15 is 0 Å². The predicted molar refractivity (Wildman–Crippen MR) is 89.7 cm³/mol. The first-order valence-corrected chi connectivity index (χ1v) is 7.66. The van der Waals surface area contributed by atoms with Gasteiger partial charge in [0, 0.05) is 39.3 Å². The minimum Gasteiger partial charge on any atom is -0.374 e. The molecule has 0 unspecified atom stereocenters. The van der Waals surface area contributed by atoms with E-state index in [1.165, 1.54) is 16.8 Å². The maximum atomic E-state index is 11.3. The van der Waals surface area contributed by atoms with Crippen molar-refractivity contribution in [3.05, 3.63) is 29.3 Å². The van der Waals surface area contributed by atoms with Gasteiger partial charge in [0.1, 0.15) is 0 Å². The molecule has 118 valence electrons. The van der Waals surface area contributed by atoms with Crippen molar-refractivity contribution in [1.29, 1.82) is 0 Å². The maximum Gasteiger partial charge on any atom is 0.221 e. The number of benzene rings is 1. The summed E-state index contributed by atoms with van der Waals surface area (Å²) in [6, 6.07) is 6.52. The van der Waals surface area contributed by atoms with E-state index in [-0.39, 0.29) is 5.91 Å². The summed E-state index contributed by atoms with van der Waals surface area (Å²) in [6.45, 7) is 9.21. The second kappa shape index (κ2) is 8.67. The summed E-state index contributed by atoms with van der Waals surface area (Å²) in [6.07, 6.45) is 0.518. The number of anilines is 1. The van der Waals surface area contributed by atoms with Crippen LogP contribution in [0.25, 0.3) is 0 Å². The minimum absolute atomic E-state index is 0.0778. The van der Waals surface area contributed by atoms with Gasteiger partial charge in [0.05, 0.1) is 0 Å². The first kappa shape index (κ1) is 17.5. The second-order valence-corrected chi connectivity index (χ2v) is 5.99. The third-order valence-corrected chi connectivity index (χ3v) is 3.51. The van der Waals surface area contributed by atoms with Crippen LogP contribution in [0.15, 0.2) is 18.2 Å². The molecule has 21 heavy (non-hydrogen) atoms. The number of nitrogens with zero attached hydrogens (tertiary/aromatic N) is 1. The summed E-state index contributed by atoms with van der Waals surface area (Å²) in [7, 11) is 3.70. The van der Waals surface area contributed by atoms with Crippen LogP contribution in [-0.2, 0) is 11.3 Å². The lowest BCUT2D eigenvalue weighted by Crippen LogP contribution is -2.26. The Labute approximate surface area is 128 Å². The number of nitrogens with one attached hydrogen (secondary N) is 2. The number of hydrogen-bond acceptors (Lipinski definition) is 3. The van der Waals surface area contributed by atoms with Crippen molar-refractivity contribution in [2.24, 2.45) is 5.92 Å². The summed E-state index contributed by atoms with van der Waals surface area (Å²) in [4.78, 5) is 13.4. The average Bonchev–Trinajstić information content (AvgIpc) is 2.44. The topological polar surface area (TPSA) is 44.4 Å². The van der Waals surface area contributed by atoms with Crippen LogP contribution in [0.1, 0.15) is 31.4 Å². The highest BCUT2D eigenvalue weighted by molar-refractivity contribution is 5.76. The SMILES string of the molecule is CNC(=O)CCN(C)c1ccc(CNCC(C)C)cc1C. The van der Waals surface area contributed by atoms with E-state index in [2.05, 4.69) is 54.5 Å². The maximum absolute atomic E-state index is 11.3. The smallest absolute Gasteiger partial charge is 0.221 e. The van der Waals surface area contributed by atoms with Crippen molar-refractivity contribution in [1.82, 2.24) is 10.6 Å². The molecule has 0 spiro atoms. The van der Waals surface area contributed by atoms with Crippen molar-refractivity contribution in [3.63, 3.8) is 0 Å². The van der Waals surface area contributed by atoms with Crippen molar-refractivity contribution in [3.8, 4) is 0 Å². The summed E-state index contributed by atoms with van der Waals surface area (Å²) in [5.74, 6) is 0.746. The van der Waals surface area contributed by atoms with Gasteiger partial charge in [0.15, 0.2) is 0 Å². The van der Waals surface area contributed by atoms with Gasteiger partial charge in [-0.1, -0.05) is 26.0 Å². The van der Waals surface area contributed by atoms with E-state index in [0.717, 1.165) is 19.6 Å². The van der Waals surface area contributed by atoms with Gasteiger partial charge in [-0.05, 0) is 36.6 Å². The van der Waals surface area contributed by atoms with Gasteiger partial charge >= 0.3 is 0 Å².